The van der Waals surface area contributed by atoms with E-state index in [1.54, 1.807) is 0 Å². The Bertz CT molecular complexity index is 475. The number of halogens is 2. The normalized spacial score (nSPS) is 10.1. The van der Waals surface area contributed by atoms with E-state index >= 15 is 0 Å². The van der Waals surface area contributed by atoms with Gasteiger partial charge >= 0.3 is 6.43 Å². The maximum atomic E-state index is 12.0. The van der Waals surface area contributed by atoms with Crippen LogP contribution in [0.4, 0.5) is 14.5 Å². The van der Waals surface area contributed by atoms with Gasteiger partial charge < -0.3 is 11.1 Å². The Balaban J connectivity index is 3.05. The summed E-state index contributed by atoms with van der Waals surface area (Å²) in [6.07, 6.45) is -2.86. The van der Waals surface area contributed by atoms with Crippen molar-refractivity contribution in [2.24, 2.45) is 5.73 Å². The number of rotatable bonds is 4. The van der Waals surface area contributed by atoms with Gasteiger partial charge in [0.15, 0.2) is 6.29 Å². The van der Waals surface area contributed by atoms with Gasteiger partial charge in [-0.3, -0.25) is 14.4 Å². The fourth-order valence-corrected chi connectivity index (χ4v) is 1.11. The van der Waals surface area contributed by atoms with Crippen LogP contribution in [0.3, 0.4) is 0 Å². The number of primary amides is 1. The number of alkyl halides is 2. The molecule has 0 radical (unpaired) electrons. The largest absolute Gasteiger partial charge is 0.366 e. The van der Waals surface area contributed by atoms with Gasteiger partial charge in [-0.15, -0.1) is 0 Å². The van der Waals surface area contributed by atoms with Gasteiger partial charge in [-0.05, 0) is 18.2 Å². The van der Waals surface area contributed by atoms with Crippen LogP contribution in [0.1, 0.15) is 20.7 Å². The summed E-state index contributed by atoms with van der Waals surface area (Å²) in [5.74, 6) is -2.29. The summed E-state index contributed by atoms with van der Waals surface area (Å²) in [5.41, 5.74) is 4.82. The number of anilines is 1. The highest BCUT2D eigenvalue weighted by atomic mass is 19.3. The first-order valence-electron chi connectivity index (χ1n) is 4.43. The summed E-state index contributed by atoms with van der Waals surface area (Å²) in [4.78, 5) is 32.2. The van der Waals surface area contributed by atoms with Crippen molar-refractivity contribution in [1.82, 2.24) is 0 Å². The van der Waals surface area contributed by atoms with E-state index in [9.17, 15) is 23.2 Å². The fourth-order valence-electron chi connectivity index (χ4n) is 1.11. The lowest BCUT2D eigenvalue weighted by molar-refractivity contribution is -0.126. The van der Waals surface area contributed by atoms with Gasteiger partial charge in [0, 0.05) is 11.1 Å². The molecule has 0 unspecified atom stereocenters. The Morgan fingerprint density at radius 1 is 1.35 bits per heavy atom. The first kappa shape index (κ1) is 12.8. The molecule has 2 amide bonds. The van der Waals surface area contributed by atoms with Gasteiger partial charge in [0.2, 0.25) is 5.91 Å². The molecule has 7 heteroatoms. The van der Waals surface area contributed by atoms with Crippen molar-refractivity contribution < 1.29 is 23.2 Å². The van der Waals surface area contributed by atoms with Crippen LogP contribution in [0.5, 0.6) is 0 Å². The minimum absolute atomic E-state index is 0.0437. The Labute approximate surface area is 94.6 Å². The molecule has 0 fully saturated rings. The Kier molecular flexibility index (Phi) is 3.86. The van der Waals surface area contributed by atoms with Crippen molar-refractivity contribution >= 4 is 23.8 Å². The molecular weight excluding hydrogens is 234 g/mol. The zero-order valence-electron chi connectivity index (χ0n) is 8.44. The molecule has 0 heterocycles. The van der Waals surface area contributed by atoms with Crippen LogP contribution in [0.15, 0.2) is 18.2 Å². The lowest BCUT2D eigenvalue weighted by Crippen LogP contribution is -2.21. The number of amides is 2. The van der Waals surface area contributed by atoms with Gasteiger partial charge in [0.05, 0.1) is 5.69 Å². The molecular formula is C10H8F2N2O3. The van der Waals surface area contributed by atoms with Crippen molar-refractivity contribution in [1.29, 1.82) is 0 Å². The maximum absolute atomic E-state index is 12.0. The molecule has 1 aromatic carbocycles. The smallest absolute Gasteiger partial charge is 0.315 e. The second-order valence-corrected chi connectivity index (χ2v) is 3.07. The average molecular weight is 242 g/mol. The van der Waals surface area contributed by atoms with Crippen LogP contribution in [-0.4, -0.2) is 24.5 Å². The third kappa shape index (κ3) is 3.07. The fraction of sp³-hybridized carbons (Fsp3) is 0.100. The predicted molar refractivity (Wildman–Crippen MR) is 55.0 cm³/mol. The number of benzene rings is 1. The second-order valence-electron chi connectivity index (χ2n) is 3.07. The molecule has 1 rings (SSSR count). The van der Waals surface area contributed by atoms with Gasteiger partial charge in [-0.25, -0.2) is 0 Å². The zero-order chi connectivity index (χ0) is 13.0. The minimum Gasteiger partial charge on any atom is -0.366 e. The van der Waals surface area contributed by atoms with Crippen LogP contribution in [0, 0.1) is 0 Å². The van der Waals surface area contributed by atoms with Gasteiger partial charge in [0.25, 0.3) is 5.91 Å². The van der Waals surface area contributed by atoms with Crippen molar-refractivity contribution in [3.8, 4) is 0 Å². The lowest BCUT2D eigenvalue weighted by atomic mass is 10.1. The average Bonchev–Trinajstić information content (AvgIpc) is 2.28. The van der Waals surface area contributed by atoms with E-state index in [4.69, 9.17) is 5.73 Å². The molecule has 5 nitrogen and oxygen atoms in total. The summed E-state index contributed by atoms with van der Waals surface area (Å²) in [5, 5.41) is 1.85. The van der Waals surface area contributed by atoms with E-state index in [0.717, 1.165) is 12.1 Å². The Morgan fingerprint density at radius 2 is 2.00 bits per heavy atom. The molecule has 0 saturated carbocycles. The number of carbonyl (C=O) groups excluding carboxylic acids is 3. The molecule has 0 saturated heterocycles. The minimum atomic E-state index is -3.19. The molecule has 1 aromatic rings. The van der Waals surface area contributed by atoms with Crippen molar-refractivity contribution in [3.05, 3.63) is 29.3 Å². The molecule has 0 aromatic heterocycles. The number of carbonyl (C=O) groups is 3. The van der Waals surface area contributed by atoms with Crippen LogP contribution >= 0.6 is 0 Å². The summed E-state index contributed by atoms with van der Waals surface area (Å²) < 4.78 is 24.0. The monoisotopic (exact) mass is 242 g/mol. The molecule has 0 atom stereocenters. The topological polar surface area (TPSA) is 89.3 Å². The molecule has 0 aliphatic heterocycles. The van der Waals surface area contributed by atoms with E-state index < -0.39 is 18.2 Å². The zero-order valence-corrected chi connectivity index (χ0v) is 8.44. The van der Waals surface area contributed by atoms with E-state index in [0.29, 0.717) is 6.29 Å². The van der Waals surface area contributed by atoms with Gasteiger partial charge in [-0.1, -0.05) is 0 Å². The van der Waals surface area contributed by atoms with Crippen molar-refractivity contribution in [2.75, 3.05) is 5.32 Å². The molecule has 0 aliphatic carbocycles. The molecule has 17 heavy (non-hydrogen) atoms. The number of nitrogens with two attached hydrogens (primary N) is 1. The third-order valence-corrected chi connectivity index (χ3v) is 1.92. The Hall–Kier alpha value is -2.31. The first-order valence-corrected chi connectivity index (χ1v) is 4.43. The van der Waals surface area contributed by atoms with Crippen LogP contribution in [0.25, 0.3) is 0 Å². The summed E-state index contributed by atoms with van der Waals surface area (Å²) >= 11 is 0. The lowest BCUT2D eigenvalue weighted by Gasteiger charge is -2.07. The number of hydrogen-bond acceptors (Lipinski definition) is 3. The van der Waals surface area contributed by atoms with Crippen LogP contribution in [0.2, 0.25) is 0 Å². The first-order chi connectivity index (χ1) is 7.95. The maximum Gasteiger partial charge on any atom is 0.315 e. The highest BCUT2D eigenvalue weighted by molar-refractivity contribution is 6.00. The molecule has 90 valence electrons. The third-order valence-electron chi connectivity index (χ3n) is 1.92. The van der Waals surface area contributed by atoms with E-state index in [-0.39, 0.29) is 16.8 Å². The highest BCUT2D eigenvalue weighted by Gasteiger charge is 2.17. The highest BCUT2D eigenvalue weighted by Crippen LogP contribution is 2.16. The second kappa shape index (κ2) is 5.15. The van der Waals surface area contributed by atoms with Gasteiger partial charge in [-0.2, -0.15) is 8.78 Å². The summed E-state index contributed by atoms with van der Waals surface area (Å²) in [6.45, 7) is 0. The van der Waals surface area contributed by atoms with E-state index in [1.165, 1.54) is 6.07 Å². The Morgan fingerprint density at radius 3 is 2.47 bits per heavy atom. The molecule has 0 spiro atoms. The number of nitrogens with one attached hydrogen (secondary N) is 1. The molecule has 0 bridgehead atoms. The number of hydrogen-bond donors (Lipinski definition) is 2. The predicted octanol–water partition coefficient (Wildman–Crippen LogP) is 0.802. The van der Waals surface area contributed by atoms with Crippen molar-refractivity contribution in [3.63, 3.8) is 0 Å². The molecule has 0 aliphatic rings. The van der Waals surface area contributed by atoms with E-state index in [1.807, 2.05) is 5.32 Å². The summed E-state index contributed by atoms with van der Waals surface area (Å²) in [7, 11) is 0. The van der Waals surface area contributed by atoms with Gasteiger partial charge in [0.1, 0.15) is 0 Å². The SMILES string of the molecule is NC(=O)c1ccc(NC(=O)C(F)F)c(C=O)c1. The standard InChI is InChI=1S/C10H8F2N2O3/c11-8(12)10(17)14-7-2-1-5(9(13)16)3-6(7)4-15/h1-4,8H,(H2,13,16)(H,14,17). The molecule has 3 N–H and O–H groups in total. The summed E-state index contributed by atoms with van der Waals surface area (Å²) in [6, 6.07) is 3.48. The van der Waals surface area contributed by atoms with Crippen LogP contribution in [-0.2, 0) is 4.79 Å². The van der Waals surface area contributed by atoms with E-state index in [2.05, 4.69) is 0 Å². The quantitative estimate of drug-likeness (QED) is 0.765. The number of aldehydes is 1. The van der Waals surface area contributed by atoms with Crippen molar-refractivity contribution in [2.45, 2.75) is 6.43 Å². The van der Waals surface area contributed by atoms with Crippen LogP contribution < -0.4 is 11.1 Å².